The fraction of sp³-hybridized carbons (Fsp3) is 0.750. The molecular formula is C36H62O10. The van der Waals surface area contributed by atoms with Crippen LogP contribution >= 0.6 is 0 Å². The van der Waals surface area contributed by atoms with Crippen molar-refractivity contribution in [3.8, 4) is 0 Å². The number of carboxylic acids is 1. The number of aliphatic hydroxyl groups is 5. The molecule has 10 nitrogen and oxygen atoms in total. The predicted molar refractivity (Wildman–Crippen MR) is 179 cm³/mol. The van der Waals surface area contributed by atoms with Crippen LogP contribution < -0.4 is 0 Å². The third-order valence-electron chi connectivity index (χ3n) is 9.15. The fourth-order valence-electron chi connectivity index (χ4n) is 6.25. The number of carboxylic acid groups (broad SMARTS) is 1. The van der Waals surface area contributed by atoms with Gasteiger partial charge in [0.15, 0.2) is 6.29 Å². The first kappa shape index (κ1) is 42.1. The van der Waals surface area contributed by atoms with Crippen LogP contribution in [-0.2, 0) is 19.0 Å². The third kappa shape index (κ3) is 12.3. The van der Waals surface area contributed by atoms with Crippen molar-refractivity contribution in [3.63, 3.8) is 0 Å². The van der Waals surface area contributed by atoms with Gasteiger partial charge in [-0.2, -0.15) is 0 Å². The zero-order chi connectivity index (χ0) is 35.5. The van der Waals surface area contributed by atoms with E-state index in [-0.39, 0.29) is 23.3 Å². The Hall–Kier alpha value is -1.89. The Morgan fingerprint density at radius 1 is 0.826 bits per heavy atom. The summed E-state index contributed by atoms with van der Waals surface area (Å²) in [5.41, 5.74) is 2.37. The molecule has 0 radical (unpaired) electrons. The van der Waals surface area contributed by atoms with Crippen LogP contribution in [0.15, 0.2) is 46.6 Å². The molecular weight excluding hydrogens is 592 g/mol. The van der Waals surface area contributed by atoms with Crippen LogP contribution in [0, 0.1) is 29.6 Å². The van der Waals surface area contributed by atoms with Gasteiger partial charge in [0, 0.05) is 30.4 Å². The van der Waals surface area contributed by atoms with Crippen molar-refractivity contribution in [1.29, 1.82) is 0 Å². The highest BCUT2D eigenvalue weighted by Gasteiger charge is 2.46. The summed E-state index contributed by atoms with van der Waals surface area (Å²) in [6, 6.07) is 0. The number of hydrogen-bond donors (Lipinski definition) is 6. The SMILES string of the molecule is CC[C@H](C)C[C@H](C)C=C(C)[C@@H](O[C@@H]1O[C@H](CO)[C@@H](OC)[C@@H](O)[C@@H]1O)[C@@H](C)C=C(C)[C@@H](O)[C@@H](C)C=C(C)[C@@H](O)[C@@H](C)C=C(C)C(=O)O. The molecule has 1 heterocycles. The van der Waals surface area contributed by atoms with Crippen molar-refractivity contribution >= 4 is 5.97 Å². The second-order valence-electron chi connectivity index (χ2n) is 13.5. The maximum atomic E-state index is 11.3. The van der Waals surface area contributed by atoms with Gasteiger partial charge in [-0.25, -0.2) is 4.79 Å². The van der Waals surface area contributed by atoms with Crippen LogP contribution in [0.2, 0.25) is 0 Å². The van der Waals surface area contributed by atoms with Gasteiger partial charge in [0.1, 0.15) is 24.4 Å². The van der Waals surface area contributed by atoms with Gasteiger partial charge < -0.3 is 44.8 Å². The predicted octanol–water partition coefficient (Wildman–Crippen LogP) is 4.40. The van der Waals surface area contributed by atoms with Crippen LogP contribution in [0.25, 0.3) is 0 Å². The number of rotatable bonds is 18. The van der Waals surface area contributed by atoms with E-state index in [1.807, 2.05) is 33.8 Å². The summed E-state index contributed by atoms with van der Waals surface area (Å²) in [5.74, 6) is -1.33. The normalized spacial score (nSPS) is 29.0. The molecule has 1 saturated heterocycles. The van der Waals surface area contributed by atoms with Gasteiger partial charge in [0.25, 0.3) is 0 Å². The lowest BCUT2D eigenvalue weighted by atomic mass is 9.87. The van der Waals surface area contributed by atoms with E-state index in [0.29, 0.717) is 17.1 Å². The number of aliphatic carboxylic acids is 1. The molecule has 1 aliphatic rings. The summed E-state index contributed by atoms with van der Waals surface area (Å²) in [4.78, 5) is 11.2. The monoisotopic (exact) mass is 654 g/mol. The van der Waals surface area contributed by atoms with Crippen molar-refractivity contribution < 1.29 is 49.6 Å². The van der Waals surface area contributed by atoms with Gasteiger partial charge in [-0.1, -0.05) is 72.3 Å². The number of methoxy groups -OCH3 is 1. The number of hydrogen-bond acceptors (Lipinski definition) is 9. The molecule has 0 amide bonds. The van der Waals surface area contributed by atoms with E-state index in [4.69, 9.17) is 19.3 Å². The molecule has 0 saturated carbocycles. The zero-order valence-electron chi connectivity index (χ0n) is 29.8. The van der Waals surface area contributed by atoms with Gasteiger partial charge in [-0.15, -0.1) is 0 Å². The molecule has 0 unspecified atom stereocenters. The van der Waals surface area contributed by atoms with E-state index in [2.05, 4.69) is 26.8 Å². The van der Waals surface area contributed by atoms with E-state index in [1.54, 1.807) is 19.9 Å². The molecule has 46 heavy (non-hydrogen) atoms. The summed E-state index contributed by atoms with van der Waals surface area (Å²) < 4.78 is 17.5. The summed E-state index contributed by atoms with van der Waals surface area (Å²) in [5, 5.41) is 62.6. The van der Waals surface area contributed by atoms with Gasteiger partial charge in [-0.05, 0) is 62.7 Å². The maximum absolute atomic E-state index is 11.3. The summed E-state index contributed by atoms with van der Waals surface area (Å²) >= 11 is 0. The van der Waals surface area contributed by atoms with Gasteiger partial charge >= 0.3 is 5.97 Å². The highest BCUT2D eigenvalue weighted by molar-refractivity contribution is 5.85. The first-order valence-corrected chi connectivity index (χ1v) is 16.5. The average molecular weight is 655 g/mol. The van der Waals surface area contributed by atoms with Crippen molar-refractivity contribution in [2.75, 3.05) is 13.7 Å². The highest BCUT2D eigenvalue weighted by Crippen LogP contribution is 2.31. The van der Waals surface area contributed by atoms with E-state index in [9.17, 15) is 30.3 Å². The molecule has 0 spiro atoms. The first-order chi connectivity index (χ1) is 21.4. The lowest BCUT2D eigenvalue weighted by molar-refractivity contribution is -0.313. The molecule has 0 aromatic rings. The Kier molecular flexibility index (Phi) is 18.2. The van der Waals surface area contributed by atoms with Crippen molar-refractivity contribution in [2.45, 2.75) is 131 Å². The second kappa shape index (κ2) is 19.8. The minimum Gasteiger partial charge on any atom is -0.478 e. The van der Waals surface area contributed by atoms with Crippen LogP contribution in [0.4, 0.5) is 0 Å². The van der Waals surface area contributed by atoms with Crippen molar-refractivity contribution in [2.24, 2.45) is 29.6 Å². The summed E-state index contributed by atoms with van der Waals surface area (Å²) in [6.45, 7) is 18.6. The molecule has 0 bridgehead atoms. The molecule has 10 heteroatoms. The molecule has 0 aromatic heterocycles. The Morgan fingerprint density at radius 2 is 1.35 bits per heavy atom. The van der Waals surface area contributed by atoms with Gasteiger partial charge in [-0.3, -0.25) is 0 Å². The molecule has 1 fully saturated rings. The topological polar surface area (TPSA) is 166 Å². The first-order valence-electron chi connectivity index (χ1n) is 16.5. The van der Waals surface area contributed by atoms with E-state index in [0.717, 1.165) is 18.4 Å². The third-order valence-corrected chi connectivity index (χ3v) is 9.15. The molecule has 266 valence electrons. The number of aliphatic hydroxyl groups excluding tert-OH is 5. The molecule has 0 aromatic carbocycles. The van der Waals surface area contributed by atoms with Crippen LogP contribution in [-0.4, -0.2) is 99.3 Å². The molecule has 1 rings (SSSR count). The number of allylic oxidation sites excluding steroid dienone is 1. The Morgan fingerprint density at radius 3 is 1.83 bits per heavy atom. The Balaban J connectivity index is 3.32. The second-order valence-corrected chi connectivity index (χ2v) is 13.5. The quantitative estimate of drug-likeness (QED) is 0.0922. The van der Waals surface area contributed by atoms with E-state index < -0.39 is 67.5 Å². The minimum atomic E-state index is -1.42. The minimum absolute atomic E-state index is 0.154. The average Bonchev–Trinajstić information content (AvgIpc) is 2.99. The van der Waals surface area contributed by atoms with Crippen LogP contribution in [0.3, 0.4) is 0 Å². The molecule has 6 N–H and O–H groups in total. The summed E-state index contributed by atoms with van der Waals surface area (Å²) in [7, 11) is 1.37. The molecule has 13 atom stereocenters. The largest absolute Gasteiger partial charge is 0.478 e. The smallest absolute Gasteiger partial charge is 0.330 e. The fourth-order valence-corrected chi connectivity index (χ4v) is 6.25. The molecule has 0 aliphatic carbocycles. The van der Waals surface area contributed by atoms with Crippen molar-refractivity contribution in [1.82, 2.24) is 0 Å². The van der Waals surface area contributed by atoms with E-state index >= 15 is 0 Å². The maximum Gasteiger partial charge on any atom is 0.330 e. The Labute approximate surface area is 276 Å². The standard InChI is InChI=1S/C36H62O10/c1-12-19(2)13-20(3)14-25(8)33(46-36-32(41)31(40)34(44-11)28(18-37)45-36)26(9)16-23(6)29(38)21(4)15-22(5)30(39)24(7)17-27(10)35(42)43/h14-17,19-21,24,26,28-34,36-41H,12-13,18H2,1-11H3,(H,42,43)/t19-,20-,21-,24-,26-,28+,29-,30+,31-,32-,33+,34+,36-/m0/s1. The Bertz CT molecular complexity index is 1060. The van der Waals surface area contributed by atoms with Crippen LogP contribution in [0.5, 0.6) is 0 Å². The lowest BCUT2D eigenvalue weighted by Gasteiger charge is -2.43. The zero-order valence-corrected chi connectivity index (χ0v) is 29.8. The molecule has 1 aliphatic heterocycles. The van der Waals surface area contributed by atoms with Gasteiger partial charge in [0.2, 0.25) is 0 Å². The van der Waals surface area contributed by atoms with Crippen molar-refractivity contribution in [3.05, 3.63) is 46.6 Å². The van der Waals surface area contributed by atoms with Gasteiger partial charge in [0.05, 0.1) is 24.9 Å². The highest BCUT2D eigenvalue weighted by atomic mass is 16.7. The summed E-state index contributed by atoms with van der Waals surface area (Å²) in [6.07, 6.45) is 1.25. The number of ether oxygens (including phenoxy) is 3. The lowest BCUT2D eigenvalue weighted by Crippen LogP contribution is -2.60. The number of carbonyl (C=O) groups is 1. The van der Waals surface area contributed by atoms with E-state index in [1.165, 1.54) is 20.1 Å². The van der Waals surface area contributed by atoms with Crippen LogP contribution in [0.1, 0.15) is 82.1 Å².